The molecule has 0 saturated heterocycles. The van der Waals surface area contributed by atoms with Crippen molar-refractivity contribution in [2.24, 2.45) is 0 Å². The molecular weight excluding hydrogens is 258 g/mol. The predicted molar refractivity (Wildman–Crippen MR) is 73.4 cm³/mol. The summed E-state index contributed by atoms with van der Waals surface area (Å²) in [5.74, 6) is -0.928. The van der Waals surface area contributed by atoms with Crippen LogP contribution >= 0.6 is 0 Å². The van der Waals surface area contributed by atoms with Crippen molar-refractivity contribution in [3.05, 3.63) is 41.6 Å². The number of methoxy groups -OCH3 is 1. The third-order valence-electron chi connectivity index (χ3n) is 2.84. The van der Waals surface area contributed by atoms with Gasteiger partial charge in [0, 0.05) is 5.39 Å². The summed E-state index contributed by atoms with van der Waals surface area (Å²) in [4.78, 5) is 27.8. The number of nitrogens with zero attached hydrogens (tertiary/aromatic N) is 1. The molecule has 0 aliphatic carbocycles. The monoisotopic (exact) mass is 273 g/mol. The standard InChI is InChI=1S/C15H15NO4/c1-3-20-15(18)11-8-10-6-4-5-7-12(10)16-13(11)9-14(17)19-2/h4-8H,3,9H2,1-2H3. The van der Waals surface area contributed by atoms with E-state index in [4.69, 9.17) is 4.74 Å². The second-order valence-electron chi connectivity index (χ2n) is 4.15. The molecule has 104 valence electrons. The summed E-state index contributed by atoms with van der Waals surface area (Å²) < 4.78 is 9.63. The van der Waals surface area contributed by atoms with Crippen molar-refractivity contribution in [2.45, 2.75) is 13.3 Å². The predicted octanol–water partition coefficient (Wildman–Crippen LogP) is 2.13. The largest absolute Gasteiger partial charge is 0.469 e. The molecule has 5 heteroatoms. The minimum absolute atomic E-state index is 0.0600. The summed E-state index contributed by atoms with van der Waals surface area (Å²) in [7, 11) is 1.30. The second kappa shape index (κ2) is 6.14. The van der Waals surface area contributed by atoms with Gasteiger partial charge in [0.1, 0.15) is 0 Å². The Labute approximate surface area is 116 Å². The average molecular weight is 273 g/mol. The van der Waals surface area contributed by atoms with E-state index < -0.39 is 11.9 Å². The SMILES string of the molecule is CCOC(=O)c1cc2ccccc2nc1CC(=O)OC. The Morgan fingerprint density at radius 2 is 2.00 bits per heavy atom. The van der Waals surface area contributed by atoms with Gasteiger partial charge in [-0.05, 0) is 19.1 Å². The molecule has 0 aliphatic heterocycles. The molecule has 0 unspecified atom stereocenters. The number of hydrogen-bond donors (Lipinski definition) is 0. The number of para-hydroxylation sites is 1. The van der Waals surface area contributed by atoms with Gasteiger partial charge in [0.15, 0.2) is 0 Å². The van der Waals surface area contributed by atoms with E-state index in [1.165, 1.54) is 7.11 Å². The molecule has 0 aliphatic rings. The van der Waals surface area contributed by atoms with Crippen LogP contribution in [-0.2, 0) is 20.7 Å². The minimum Gasteiger partial charge on any atom is -0.469 e. The summed E-state index contributed by atoms with van der Waals surface area (Å²) in [6.07, 6.45) is -0.0600. The van der Waals surface area contributed by atoms with Crippen molar-refractivity contribution in [3.8, 4) is 0 Å². The van der Waals surface area contributed by atoms with Crippen molar-refractivity contribution in [2.75, 3.05) is 13.7 Å². The number of carbonyl (C=O) groups excluding carboxylic acids is 2. The van der Waals surface area contributed by atoms with Crippen molar-refractivity contribution in [1.82, 2.24) is 4.98 Å². The number of hydrogen-bond acceptors (Lipinski definition) is 5. The van der Waals surface area contributed by atoms with Gasteiger partial charge in [-0.15, -0.1) is 0 Å². The lowest BCUT2D eigenvalue weighted by molar-refractivity contribution is -0.139. The fourth-order valence-corrected chi connectivity index (χ4v) is 1.89. The zero-order valence-electron chi connectivity index (χ0n) is 11.4. The van der Waals surface area contributed by atoms with Crippen molar-refractivity contribution < 1.29 is 19.1 Å². The maximum atomic E-state index is 12.0. The van der Waals surface area contributed by atoms with Crippen LogP contribution < -0.4 is 0 Å². The summed E-state index contributed by atoms with van der Waals surface area (Å²) in [6, 6.07) is 9.08. The average Bonchev–Trinajstić information content (AvgIpc) is 2.46. The zero-order chi connectivity index (χ0) is 14.5. The normalized spacial score (nSPS) is 10.3. The van der Waals surface area contributed by atoms with Gasteiger partial charge in [0.05, 0.1) is 36.9 Å². The van der Waals surface area contributed by atoms with Gasteiger partial charge in [0.2, 0.25) is 0 Å². The first-order chi connectivity index (χ1) is 9.65. The molecule has 5 nitrogen and oxygen atoms in total. The number of aromatic nitrogens is 1. The van der Waals surface area contributed by atoms with Crippen LogP contribution in [0.5, 0.6) is 0 Å². The molecule has 20 heavy (non-hydrogen) atoms. The number of pyridine rings is 1. The van der Waals surface area contributed by atoms with Crippen LogP contribution in [0.15, 0.2) is 30.3 Å². The highest BCUT2D eigenvalue weighted by Gasteiger charge is 2.18. The van der Waals surface area contributed by atoms with E-state index in [1.54, 1.807) is 13.0 Å². The smallest absolute Gasteiger partial charge is 0.340 e. The number of carbonyl (C=O) groups is 2. The van der Waals surface area contributed by atoms with E-state index in [2.05, 4.69) is 9.72 Å². The quantitative estimate of drug-likeness (QED) is 0.798. The van der Waals surface area contributed by atoms with Gasteiger partial charge < -0.3 is 9.47 Å². The highest BCUT2D eigenvalue weighted by atomic mass is 16.5. The molecule has 2 aromatic rings. The van der Waals surface area contributed by atoms with Crippen LogP contribution in [-0.4, -0.2) is 30.6 Å². The van der Waals surface area contributed by atoms with Crippen LogP contribution in [0.3, 0.4) is 0 Å². The molecule has 0 spiro atoms. The molecule has 0 N–H and O–H groups in total. The molecule has 0 bridgehead atoms. The number of fused-ring (bicyclic) bond motifs is 1. The molecule has 1 aromatic carbocycles. The lowest BCUT2D eigenvalue weighted by atomic mass is 10.1. The number of esters is 2. The van der Waals surface area contributed by atoms with Gasteiger partial charge in [0.25, 0.3) is 0 Å². The van der Waals surface area contributed by atoms with E-state index in [0.29, 0.717) is 11.3 Å². The molecule has 0 fully saturated rings. The Bertz CT molecular complexity index is 651. The number of rotatable bonds is 4. The topological polar surface area (TPSA) is 65.5 Å². The van der Waals surface area contributed by atoms with Gasteiger partial charge in [-0.3, -0.25) is 9.78 Å². The third-order valence-corrected chi connectivity index (χ3v) is 2.84. The summed E-state index contributed by atoms with van der Waals surface area (Å²) in [6.45, 7) is 2.00. The molecule has 0 atom stereocenters. The first kappa shape index (κ1) is 14.0. The Balaban J connectivity index is 2.52. The summed E-state index contributed by atoms with van der Waals surface area (Å²) in [5, 5.41) is 0.823. The van der Waals surface area contributed by atoms with Crippen LogP contribution in [0.25, 0.3) is 10.9 Å². The van der Waals surface area contributed by atoms with E-state index in [-0.39, 0.29) is 13.0 Å². The molecule has 1 aromatic heterocycles. The van der Waals surface area contributed by atoms with Crippen LogP contribution in [0.4, 0.5) is 0 Å². The van der Waals surface area contributed by atoms with E-state index in [1.807, 2.05) is 24.3 Å². The molecule has 1 heterocycles. The minimum atomic E-state index is -0.482. The van der Waals surface area contributed by atoms with Crippen molar-refractivity contribution in [3.63, 3.8) is 0 Å². The maximum absolute atomic E-state index is 12.0. The Morgan fingerprint density at radius 3 is 2.70 bits per heavy atom. The lowest BCUT2D eigenvalue weighted by Gasteiger charge is -2.09. The number of ether oxygens (including phenoxy) is 2. The third kappa shape index (κ3) is 2.93. The zero-order valence-corrected chi connectivity index (χ0v) is 11.4. The summed E-state index contributed by atoms with van der Waals surface area (Å²) >= 11 is 0. The van der Waals surface area contributed by atoms with Crippen LogP contribution in [0, 0.1) is 0 Å². The van der Waals surface area contributed by atoms with E-state index >= 15 is 0 Å². The second-order valence-corrected chi connectivity index (χ2v) is 4.15. The Morgan fingerprint density at radius 1 is 1.25 bits per heavy atom. The van der Waals surface area contributed by atoms with Crippen molar-refractivity contribution in [1.29, 1.82) is 0 Å². The number of benzene rings is 1. The highest BCUT2D eigenvalue weighted by Crippen LogP contribution is 2.18. The first-order valence-electron chi connectivity index (χ1n) is 6.28. The van der Waals surface area contributed by atoms with Gasteiger partial charge in [-0.1, -0.05) is 18.2 Å². The molecule has 0 saturated carbocycles. The van der Waals surface area contributed by atoms with E-state index in [0.717, 1.165) is 10.9 Å². The fraction of sp³-hybridized carbons (Fsp3) is 0.267. The summed E-state index contributed by atoms with van der Waals surface area (Å²) in [5.41, 5.74) is 1.39. The Hall–Kier alpha value is -2.43. The van der Waals surface area contributed by atoms with Gasteiger partial charge >= 0.3 is 11.9 Å². The van der Waals surface area contributed by atoms with Crippen LogP contribution in [0.1, 0.15) is 23.0 Å². The molecule has 2 rings (SSSR count). The Kier molecular flexibility index (Phi) is 4.30. The molecular formula is C15H15NO4. The lowest BCUT2D eigenvalue weighted by Crippen LogP contribution is -2.14. The molecule has 0 amide bonds. The van der Waals surface area contributed by atoms with Crippen LogP contribution in [0.2, 0.25) is 0 Å². The van der Waals surface area contributed by atoms with Gasteiger partial charge in [-0.25, -0.2) is 4.79 Å². The van der Waals surface area contributed by atoms with Crippen molar-refractivity contribution >= 4 is 22.8 Å². The highest BCUT2D eigenvalue weighted by molar-refractivity contribution is 5.96. The van der Waals surface area contributed by atoms with E-state index in [9.17, 15) is 9.59 Å². The van der Waals surface area contributed by atoms with Gasteiger partial charge in [-0.2, -0.15) is 0 Å². The molecule has 0 radical (unpaired) electrons. The maximum Gasteiger partial charge on any atom is 0.340 e. The first-order valence-corrected chi connectivity index (χ1v) is 6.28. The fourth-order valence-electron chi connectivity index (χ4n) is 1.89.